The lowest BCUT2D eigenvalue weighted by Gasteiger charge is -2.16. The van der Waals surface area contributed by atoms with Gasteiger partial charge >= 0.3 is 0 Å². The molecule has 0 saturated heterocycles. The van der Waals surface area contributed by atoms with Crippen molar-refractivity contribution in [2.45, 2.75) is 49.7 Å². The van der Waals surface area contributed by atoms with Gasteiger partial charge in [0, 0.05) is 16.0 Å². The number of hydrogen-bond donors (Lipinski definition) is 1. The van der Waals surface area contributed by atoms with Crippen molar-refractivity contribution in [3.63, 3.8) is 0 Å². The monoisotopic (exact) mass is 361 g/mol. The number of imidazole rings is 1. The first kappa shape index (κ1) is 17.0. The minimum Gasteiger partial charge on any atom is -0.382 e. The highest BCUT2D eigenvalue weighted by Gasteiger charge is 2.20. The average Bonchev–Trinajstić information content (AvgIpc) is 2.90. The van der Waals surface area contributed by atoms with Crippen LogP contribution in [0.4, 0.5) is 5.82 Å². The molecule has 0 radical (unpaired) electrons. The summed E-state index contributed by atoms with van der Waals surface area (Å²) >= 11 is 7.67. The Bertz CT molecular complexity index is 877. The van der Waals surface area contributed by atoms with Crippen LogP contribution in [0.2, 0.25) is 5.02 Å². The number of nitrogen functional groups attached to an aromatic ring is 1. The number of anilines is 1. The summed E-state index contributed by atoms with van der Waals surface area (Å²) in [5.74, 6) is 0.414. The molecule has 2 N–H and O–H groups in total. The highest BCUT2D eigenvalue weighted by atomic mass is 35.5. The fourth-order valence-corrected chi connectivity index (χ4v) is 4.03. The minimum absolute atomic E-state index is 0.282. The molecule has 0 aliphatic heterocycles. The average molecular weight is 362 g/mol. The van der Waals surface area contributed by atoms with E-state index >= 15 is 0 Å². The predicted octanol–water partition coefficient (Wildman–Crippen LogP) is 4.88. The second-order valence-electron chi connectivity index (χ2n) is 5.85. The van der Waals surface area contributed by atoms with E-state index < -0.39 is 0 Å². The second-order valence-corrected chi connectivity index (χ2v) is 7.29. The van der Waals surface area contributed by atoms with E-state index in [-0.39, 0.29) is 6.04 Å². The number of benzene rings is 1. The van der Waals surface area contributed by atoms with Crippen LogP contribution < -0.4 is 5.73 Å². The lowest BCUT2D eigenvalue weighted by Crippen LogP contribution is -2.07. The molecule has 126 valence electrons. The first-order chi connectivity index (χ1) is 11.5. The highest BCUT2D eigenvalue weighted by molar-refractivity contribution is 7.99. The molecule has 1 aromatic carbocycles. The van der Waals surface area contributed by atoms with Gasteiger partial charge in [0.2, 0.25) is 0 Å². The standard InChI is InChI=1S/C17H20ClN5S/c1-4-5-11(3)23-16-14(15(19)20-9-21-16)22-17(23)24-13-7-6-12(18)8-10(13)2/h6-9,11H,4-5H2,1-3H3,(H2,19,20,21). The Labute approximate surface area is 150 Å². The Balaban J connectivity index is 2.12. The molecular formula is C17H20ClN5S. The summed E-state index contributed by atoms with van der Waals surface area (Å²) in [6.07, 6.45) is 3.63. The molecular weight excluding hydrogens is 342 g/mol. The van der Waals surface area contributed by atoms with Gasteiger partial charge in [-0.2, -0.15) is 0 Å². The molecule has 7 heteroatoms. The quantitative estimate of drug-likeness (QED) is 0.701. The maximum atomic E-state index is 6.06. The van der Waals surface area contributed by atoms with E-state index in [1.807, 2.05) is 25.1 Å². The molecule has 0 bridgehead atoms. The van der Waals surface area contributed by atoms with Crippen LogP contribution in [-0.4, -0.2) is 19.5 Å². The van der Waals surface area contributed by atoms with E-state index in [1.54, 1.807) is 11.8 Å². The number of fused-ring (bicyclic) bond motifs is 1. The Morgan fingerprint density at radius 2 is 2.12 bits per heavy atom. The van der Waals surface area contributed by atoms with Crippen LogP contribution in [0, 0.1) is 6.92 Å². The van der Waals surface area contributed by atoms with Crippen molar-refractivity contribution in [3.05, 3.63) is 35.1 Å². The third-order valence-electron chi connectivity index (χ3n) is 3.96. The van der Waals surface area contributed by atoms with E-state index in [9.17, 15) is 0 Å². The zero-order valence-electron chi connectivity index (χ0n) is 14.0. The molecule has 0 spiro atoms. The lowest BCUT2D eigenvalue weighted by molar-refractivity contribution is 0.477. The van der Waals surface area contributed by atoms with Crippen molar-refractivity contribution in [1.29, 1.82) is 0 Å². The maximum Gasteiger partial charge on any atom is 0.175 e. The number of halogens is 1. The van der Waals surface area contributed by atoms with Gasteiger partial charge in [-0.1, -0.05) is 36.7 Å². The van der Waals surface area contributed by atoms with Gasteiger partial charge in [0.15, 0.2) is 22.1 Å². The second kappa shape index (κ2) is 6.99. The summed E-state index contributed by atoms with van der Waals surface area (Å²) in [5.41, 5.74) is 8.57. The number of hydrogen-bond acceptors (Lipinski definition) is 5. The summed E-state index contributed by atoms with van der Waals surface area (Å²) in [7, 11) is 0. The molecule has 3 rings (SSSR count). The van der Waals surface area contributed by atoms with Crippen molar-refractivity contribution in [1.82, 2.24) is 19.5 Å². The van der Waals surface area contributed by atoms with Crippen LogP contribution in [0.15, 0.2) is 34.6 Å². The van der Waals surface area contributed by atoms with E-state index in [4.69, 9.17) is 22.3 Å². The SMILES string of the molecule is CCCC(C)n1c(Sc2ccc(Cl)cc2C)nc2c(N)ncnc21. The summed E-state index contributed by atoms with van der Waals surface area (Å²) in [4.78, 5) is 14.3. The lowest BCUT2D eigenvalue weighted by atomic mass is 10.2. The summed E-state index contributed by atoms with van der Waals surface area (Å²) < 4.78 is 2.16. The maximum absolute atomic E-state index is 6.06. The Morgan fingerprint density at radius 1 is 1.33 bits per heavy atom. The van der Waals surface area contributed by atoms with Crippen molar-refractivity contribution in [3.8, 4) is 0 Å². The third-order valence-corrected chi connectivity index (χ3v) is 5.34. The van der Waals surface area contributed by atoms with Crippen LogP contribution in [-0.2, 0) is 0 Å². The van der Waals surface area contributed by atoms with Gasteiger partial charge in [-0.25, -0.2) is 15.0 Å². The topological polar surface area (TPSA) is 69.6 Å². The van der Waals surface area contributed by atoms with Gasteiger partial charge in [0.1, 0.15) is 6.33 Å². The van der Waals surface area contributed by atoms with Crippen molar-refractivity contribution >= 4 is 40.3 Å². The normalized spacial score (nSPS) is 12.7. The first-order valence-corrected chi connectivity index (χ1v) is 9.13. The van der Waals surface area contributed by atoms with E-state index in [1.165, 1.54) is 6.33 Å². The molecule has 0 aliphatic rings. The fourth-order valence-electron chi connectivity index (χ4n) is 2.75. The first-order valence-electron chi connectivity index (χ1n) is 7.93. The van der Waals surface area contributed by atoms with E-state index in [2.05, 4.69) is 28.4 Å². The predicted molar refractivity (Wildman–Crippen MR) is 99.7 cm³/mol. The highest BCUT2D eigenvalue weighted by Crippen LogP contribution is 2.36. The fraction of sp³-hybridized carbons (Fsp3) is 0.353. The van der Waals surface area contributed by atoms with Crippen LogP contribution >= 0.6 is 23.4 Å². The van der Waals surface area contributed by atoms with Gasteiger partial charge in [0.05, 0.1) is 0 Å². The molecule has 0 aliphatic carbocycles. The van der Waals surface area contributed by atoms with Gasteiger partial charge < -0.3 is 10.3 Å². The minimum atomic E-state index is 0.282. The van der Waals surface area contributed by atoms with Crippen LogP contribution in [0.1, 0.15) is 38.3 Å². The van der Waals surface area contributed by atoms with Gasteiger partial charge in [-0.15, -0.1) is 0 Å². The molecule has 0 saturated carbocycles. The number of aryl methyl sites for hydroxylation is 1. The Hall–Kier alpha value is -1.79. The zero-order chi connectivity index (χ0) is 17.3. The van der Waals surface area contributed by atoms with Crippen LogP contribution in [0.3, 0.4) is 0 Å². The summed E-state index contributed by atoms with van der Waals surface area (Å²) in [6, 6.07) is 6.16. The third kappa shape index (κ3) is 3.21. The molecule has 5 nitrogen and oxygen atoms in total. The summed E-state index contributed by atoms with van der Waals surface area (Å²) in [5, 5.41) is 1.61. The Morgan fingerprint density at radius 3 is 2.83 bits per heavy atom. The molecule has 2 heterocycles. The molecule has 2 aromatic heterocycles. The van der Waals surface area contributed by atoms with Crippen molar-refractivity contribution in [2.75, 3.05) is 5.73 Å². The van der Waals surface area contributed by atoms with Crippen LogP contribution in [0.5, 0.6) is 0 Å². The number of aromatic nitrogens is 4. The largest absolute Gasteiger partial charge is 0.382 e. The van der Waals surface area contributed by atoms with Gasteiger partial charge in [-0.05, 0) is 44.0 Å². The van der Waals surface area contributed by atoms with Crippen molar-refractivity contribution in [2.24, 2.45) is 0 Å². The molecule has 1 atom stereocenters. The summed E-state index contributed by atoms with van der Waals surface area (Å²) in [6.45, 7) is 6.40. The van der Waals surface area contributed by atoms with Crippen LogP contribution in [0.25, 0.3) is 11.2 Å². The molecule has 3 aromatic rings. The number of nitrogens with two attached hydrogens (primary N) is 1. The number of rotatable bonds is 5. The van der Waals surface area contributed by atoms with Crippen molar-refractivity contribution < 1.29 is 0 Å². The molecule has 24 heavy (non-hydrogen) atoms. The molecule has 0 amide bonds. The Kier molecular flexibility index (Phi) is 4.96. The molecule has 0 fully saturated rings. The van der Waals surface area contributed by atoms with Gasteiger partial charge in [0.25, 0.3) is 0 Å². The van der Waals surface area contributed by atoms with E-state index in [0.29, 0.717) is 11.3 Å². The smallest absolute Gasteiger partial charge is 0.175 e. The van der Waals surface area contributed by atoms with E-state index in [0.717, 1.165) is 39.1 Å². The number of nitrogens with zero attached hydrogens (tertiary/aromatic N) is 4. The zero-order valence-corrected chi connectivity index (χ0v) is 15.5. The molecule has 1 unspecified atom stereocenters. The van der Waals surface area contributed by atoms with Gasteiger partial charge in [-0.3, -0.25) is 0 Å².